The first-order chi connectivity index (χ1) is 7.64. The molecule has 1 aliphatic rings. The van der Waals surface area contributed by atoms with E-state index in [-0.39, 0.29) is 5.97 Å². The number of allylic oxidation sites excluding steroid dienone is 1. The van der Waals surface area contributed by atoms with Gasteiger partial charge in [-0.05, 0) is 32.6 Å². The van der Waals surface area contributed by atoms with Crippen LogP contribution in [0.25, 0.3) is 0 Å². The highest BCUT2D eigenvalue weighted by atomic mass is 16.5. The van der Waals surface area contributed by atoms with E-state index in [0.29, 0.717) is 19.4 Å². The molecule has 0 spiro atoms. The molecule has 0 saturated carbocycles. The number of aliphatic hydroxyl groups is 1. The van der Waals surface area contributed by atoms with Crippen LogP contribution in [0.4, 0.5) is 0 Å². The van der Waals surface area contributed by atoms with Crippen LogP contribution in [0.2, 0.25) is 0 Å². The monoisotopic (exact) mass is 226 g/mol. The van der Waals surface area contributed by atoms with Crippen LogP contribution < -0.4 is 0 Å². The van der Waals surface area contributed by atoms with Gasteiger partial charge < -0.3 is 9.84 Å². The number of hydrogen-bond donors (Lipinski definition) is 1. The molecule has 0 bridgehead atoms. The molecule has 1 rings (SSSR count). The summed E-state index contributed by atoms with van der Waals surface area (Å²) < 4.78 is 5.04. The topological polar surface area (TPSA) is 46.5 Å². The maximum atomic E-state index is 11.8. The lowest BCUT2D eigenvalue weighted by Gasteiger charge is -2.34. The molecule has 16 heavy (non-hydrogen) atoms. The second-order valence-electron chi connectivity index (χ2n) is 4.38. The van der Waals surface area contributed by atoms with E-state index in [9.17, 15) is 9.90 Å². The summed E-state index contributed by atoms with van der Waals surface area (Å²) in [5, 5.41) is 10.5. The number of ether oxygens (including phenoxy) is 1. The molecule has 0 saturated heterocycles. The number of esters is 1. The van der Waals surface area contributed by atoms with Crippen molar-refractivity contribution in [2.24, 2.45) is 5.92 Å². The third kappa shape index (κ3) is 3.08. The van der Waals surface area contributed by atoms with Crippen LogP contribution in [-0.4, -0.2) is 23.3 Å². The summed E-state index contributed by atoms with van der Waals surface area (Å²) in [5.41, 5.74) is -0.986. The zero-order valence-electron chi connectivity index (χ0n) is 10.2. The van der Waals surface area contributed by atoms with Crippen molar-refractivity contribution in [2.75, 3.05) is 6.61 Å². The molecular formula is C13H22O3. The summed E-state index contributed by atoms with van der Waals surface area (Å²) in [6, 6.07) is 0. The zero-order valence-corrected chi connectivity index (χ0v) is 10.2. The van der Waals surface area contributed by atoms with Crippen molar-refractivity contribution in [3.8, 4) is 0 Å². The molecule has 2 unspecified atom stereocenters. The summed E-state index contributed by atoms with van der Waals surface area (Å²) in [4.78, 5) is 11.8. The number of carbonyl (C=O) groups is 1. The van der Waals surface area contributed by atoms with Gasteiger partial charge in [-0.25, -0.2) is 0 Å². The summed E-state index contributed by atoms with van der Waals surface area (Å²) in [5.74, 6) is -0.674. The average molecular weight is 226 g/mol. The fourth-order valence-corrected chi connectivity index (χ4v) is 2.27. The van der Waals surface area contributed by atoms with Gasteiger partial charge in [0.1, 0.15) is 0 Å². The van der Waals surface area contributed by atoms with Crippen molar-refractivity contribution in [2.45, 2.75) is 51.6 Å². The van der Waals surface area contributed by atoms with Gasteiger partial charge in [-0.3, -0.25) is 4.79 Å². The lowest BCUT2D eigenvalue weighted by molar-refractivity contribution is -0.156. The Morgan fingerprint density at radius 1 is 1.56 bits per heavy atom. The van der Waals surface area contributed by atoms with E-state index < -0.39 is 11.5 Å². The third-order valence-corrected chi connectivity index (χ3v) is 3.11. The van der Waals surface area contributed by atoms with Gasteiger partial charge in [0.05, 0.1) is 18.1 Å². The van der Waals surface area contributed by atoms with Crippen molar-refractivity contribution < 1.29 is 14.6 Å². The SMILES string of the molecule is CCCC(C(=O)OCC)C1(O)C=CCCC1. The van der Waals surface area contributed by atoms with E-state index >= 15 is 0 Å². The molecular weight excluding hydrogens is 204 g/mol. The Kier molecular flexibility index (Phi) is 5.00. The third-order valence-electron chi connectivity index (χ3n) is 3.11. The molecule has 92 valence electrons. The average Bonchev–Trinajstić information content (AvgIpc) is 2.27. The molecule has 0 amide bonds. The molecule has 3 nitrogen and oxygen atoms in total. The van der Waals surface area contributed by atoms with Crippen LogP contribution >= 0.6 is 0 Å². The Bertz CT molecular complexity index is 260. The van der Waals surface area contributed by atoms with Crippen LogP contribution in [-0.2, 0) is 9.53 Å². The molecule has 0 radical (unpaired) electrons. The molecule has 0 aromatic carbocycles. The predicted molar refractivity (Wildman–Crippen MR) is 63.0 cm³/mol. The molecule has 1 aliphatic carbocycles. The maximum Gasteiger partial charge on any atom is 0.312 e. The van der Waals surface area contributed by atoms with Gasteiger partial charge in [0, 0.05) is 0 Å². The summed E-state index contributed by atoms with van der Waals surface area (Å²) in [7, 11) is 0. The van der Waals surface area contributed by atoms with Gasteiger partial charge in [-0.15, -0.1) is 0 Å². The Balaban J connectivity index is 2.78. The van der Waals surface area contributed by atoms with Gasteiger partial charge >= 0.3 is 5.97 Å². The van der Waals surface area contributed by atoms with Crippen LogP contribution in [0.1, 0.15) is 46.0 Å². The Morgan fingerprint density at radius 2 is 2.31 bits per heavy atom. The van der Waals surface area contributed by atoms with Gasteiger partial charge in [0.15, 0.2) is 0 Å². The zero-order chi connectivity index (χ0) is 12.0. The van der Waals surface area contributed by atoms with E-state index in [0.717, 1.165) is 19.3 Å². The van der Waals surface area contributed by atoms with Crippen LogP contribution in [0, 0.1) is 5.92 Å². The predicted octanol–water partition coefficient (Wildman–Crippen LogP) is 2.44. The summed E-state index contributed by atoms with van der Waals surface area (Å²) in [6.07, 6.45) is 7.89. The highest BCUT2D eigenvalue weighted by molar-refractivity contribution is 5.74. The van der Waals surface area contributed by atoms with E-state index in [2.05, 4.69) is 0 Å². The normalized spacial score (nSPS) is 26.4. The first-order valence-corrected chi connectivity index (χ1v) is 6.20. The Labute approximate surface area is 97.5 Å². The minimum atomic E-state index is -0.986. The first kappa shape index (κ1) is 13.2. The molecule has 0 heterocycles. The van der Waals surface area contributed by atoms with Crippen molar-refractivity contribution in [3.63, 3.8) is 0 Å². The highest BCUT2D eigenvalue weighted by Crippen LogP contribution is 2.33. The quantitative estimate of drug-likeness (QED) is 0.578. The number of rotatable bonds is 5. The Morgan fingerprint density at radius 3 is 2.81 bits per heavy atom. The number of hydrogen-bond acceptors (Lipinski definition) is 3. The van der Waals surface area contributed by atoms with Gasteiger partial charge in [-0.1, -0.05) is 25.5 Å². The first-order valence-electron chi connectivity index (χ1n) is 6.20. The van der Waals surface area contributed by atoms with Crippen molar-refractivity contribution in [1.29, 1.82) is 0 Å². The second kappa shape index (κ2) is 6.04. The summed E-state index contributed by atoms with van der Waals surface area (Å²) >= 11 is 0. The van der Waals surface area contributed by atoms with Crippen molar-refractivity contribution in [1.82, 2.24) is 0 Å². The molecule has 0 aliphatic heterocycles. The van der Waals surface area contributed by atoms with E-state index in [1.807, 2.05) is 13.0 Å². The molecule has 3 heteroatoms. The maximum absolute atomic E-state index is 11.8. The Hall–Kier alpha value is -0.830. The molecule has 1 N–H and O–H groups in total. The highest BCUT2D eigenvalue weighted by Gasteiger charge is 2.40. The standard InChI is InChI=1S/C13H22O3/c1-3-8-11(12(14)16-4-2)13(15)9-6-5-7-10-13/h6,9,11,15H,3-5,7-8,10H2,1-2H3. The summed E-state index contributed by atoms with van der Waals surface area (Å²) in [6.45, 7) is 4.18. The van der Waals surface area contributed by atoms with E-state index in [1.165, 1.54) is 0 Å². The van der Waals surface area contributed by atoms with Crippen molar-refractivity contribution in [3.05, 3.63) is 12.2 Å². The van der Waals surface area contributed by atoms with Gasteiger partial charge in [0.2, 0.25) is 0 Å². The van der Waals surface area contributed by atoms with E-state index in [4.69, 9.17) is 4.74 Å². The number of carbonyl (C=O) groups excluding carboxylic acids is 1. The molecule has 0 aromatic heterocycles. The minimum Gasteiger partial charge on any atom is -0.466 e. The largest absolute Gasteiger partial charge is 0.466 e. The van der Waals surface area contributed by atoms with Gasteiger partial charge in [0.25, 0.3) is 0 Å². The fourth-order valence-electron chi connectivity index (χ4n) is 2.27. The van der Waals surface area contributed by atoms with Crippen LogP contribution in [0.15, 0.2) is 12.2 Å². The van der Waals surface area contributed by atoms with Crippen LogP contribution in [0.5, 0.6) is 0 Å². The molecule has 0 aromatic rings. The minimum absolute atomic E-state index is 0.265. The lowest BCUT2D eigenvalue weighted by Crippen LogP contribution is -2.42. The lowest BCUT2D eigenvalue weighted by atomic mass is 9.78. The second-order valence-corrected chi connectivity index (χ2v) is 4.38. The van der Waals surface area contributed by atoms with Crippen LogP contribution in [0.3, 0.4) is 0 Å². The van der Waals surface area contributed by atoms with Gasteiger partial charge in [-0.2, -0.15) is 0 Å². The molecule has 0 fully saturated rings. The fraction of sp³-hybridized carbons (Fsp3) is 0.769. The van der Waals surface area contributed by atoms with Crippen molar-refractivity contribution >= 4 is 5.97 Å². The van der Waals surface area contributed by atoms with E-state index in [1.54, 1.807) is 13.0 Å². The molecule has 2 atom stereocenters. The smallest absolute Gasteiger partial charge is 0.312 e.